The summed E-state index contributed by atoms with van der Waals surface area (Å²) in [5.74, 6) is 1.41. The van der Waals surface area contributed by atoms with E-state index in [0.717, 1.165) is 6.54 Å². The van der Waals surface area contributed by atoms with Crippen LogP contribution >= 0.6 is 11.3 Å². The first-order chi connectivity index (χ1) is 17.0. The summed E-state index contributed by atoms with van der Waals surface area (Å²) >= 11 is 1.37. The minimum absolute atomic E-state index is 0.136. The molecule has 1 N–H and O–H groups in total. The number of para-hydroxylation sites is 1. The highest BCUT2D eigenvalue weighted by Gasteiger charge is 2.17. The van der Waals surface area contributed by atoms with E-state index in [0.29, 0.717) is 39.8 Å². The van der Waals surface area contributed by atoms with Crippen LogP contribution in [0.3, 0.4) is 0 Å². The first-order valence-electron chi connectivity index (χ1n) is 11.0. The highest BCUT2D eigenvalue weighted by molar-refractivity contribution is 7.12. The van der Waals surface area contributed by atoms with Gasteiger partial charge in [0.05, 0.1) is 16.0 Å². The predicted octanol–water partition coefficient (Wildman–Crippen LogP) is 5.25. The van der Waals surface area contributed by atoms with Crippen molar-refractivity contribution >= 4 is 23.0 Å². The van der Waals surface area contributed by atoms with E-state index in [1.54, 1.807) is 66.9 Å². The molecule has 178 valence electrons. The summed E-state index contributed by atoms with van der Waals surface area (Å²) in [6.07, 6.45) is 1.58. The van der Waals surface area contributed by atoms with Crippen molar-refractivity contribution in [3.05, 3.63) is 100 Å². The van der Waals surface area contributed by atoms with Gasteiger partial charge in [0.15, 0.2) is 0 Å². The molecule has 2 aromatic heterocycles. The van der Waals surface area contributed by atoms with E-state index in [1.165, 1.54) is 11.3 Å². The summed E-state index contributed by atoms with van der Waals surface area (Å²) in [4.78, 5) is 32.3. The number of carbonyl (C=O) groups is 2. The molecule has 1 amide bonds. The van der Waals surface area contributed by atoms with E-state index in [1.807, 2.05) is 36.5 Å². The number of ketones is 1. The largest absolute Gasteiger partial charge is 0.457 e. The van der Waals surface area contributed by atoms with Gasteiger partial charge in [0, 0.05) is 19.3 Å². The number of nitrogens with one attached hydrogen (secondary N) is 1. The number of hydrogen-bond donors (Lipinski definition) is 1. The maximum absolute atomic E-state index is 12.8. The zero-order chi connectivity index (χ0) is 24.6. The number of thiophene rings is 1. The zero-order valence-electron chi connectivity index (χ0n) is 19.4. The topological polar surface area (TPSA) is 80.8 Å². The van der Waals surface area contributed by atoms with Gasteiger partial charge < -0.3 is 19.7 Å². The second-order valence-electron chi connectivity index (χ2n) is 7.89. The molecule has 0 spiro atoms. The summed E-state index contributed by atoms with van der Waals surface area (Å²) in [6.45, 7) is 1.28. The van der Waals surface area contributed by atoms with Crippen LogP contribution in [-0.4, -0.2) is 48.8 Å². The molecule has 2 aromatic carbocycles. The van der Waals surface area contributed by atoms with Crippen LogP contribution in [0.2, 0.25) is 0 Å². The maximum atomic E-state index is 12.8. The number of carbonyl (C=O) groups excluding carboxylic acids is 2. The highest BCUT2D eigenvalue weighted by Crippen LogP contribution is 2.30. The Hall–Kier alpha value is -4.01. The van der Waals surface area contributed by atoms with E-state index >= 15 is 0 Å². The van der Waals surface area contributed by atoms with Gasteiger partial charge in [0.2, 0.25) is 11.7 Å². The molecule has 0 aliphatic heterocycles. The number of aromatic nitrogens is 1. The number of likely N-dealkylation sites (N-methyl/N-ethyl adjacent to an activating group) is 1. The molecular weight excluding hydrogens is 462 g/mol. The van der Waals surface area contributed by atoms with Crippen molar-refractivity contribution in [3.8, 4) is 23.1 Å². The van der Waals surface area contributed by atoms with Crippen LogP contribution in [0.1, 0.15) is 25.6 Å². The third-order valence-corrected chi connectivity index (χ3v) is 5.87. The average molecular weight is 488 g/mol. The molecule has 0 saturated heterocycles. The molecule has 0 unspecified atom stereocenters. The second kappa shape index (κ2) is 11.4. The molecule has 7 nitrogen and oxygen atoms in total. The van der Waals surface area contributed by atoms with E-state index in [4.69, 9.17) is 9.47 Å². The fraction of sp³-hybridized carbons (Fsp3) is 0.148. The standard InChI is InChI=1S/C27H25N3O4S/c1-30(2)17-16-28-26(32)21-7-3-4-9-23(21)33-19-11-13-20(14-12-19)34-27-22(8-5-15-29-27)25(31)24-10-6-18-35-24/h3-15,18H,16-17H2,1-2H3,(H,28,32). The number of rotatable bonds is 10. The minimum atomic E-state index is -0.194. The third kappa shape index (κ3) is 6.32. The third-order valence-electron chi connectivity index (χ3n) is 5.00. The molecule has 0 bridgehead atoms. The average Bonchev–Trinajstić information content (AvgIpc) is 3.40. The van der Waals surface area contributed by atoms with Crippen molar-refractivity contribution in [1.82, 2.24) is 15.2 Å². The van der Waals surface area contributed by atoms with Gasteiger partial charge in [-0.2, -0.15) is 0 Å². The molecule has 0 fully saturated rings. The van der Waals surface area contributed by atoms with Crippen molar-refractivity contribution in [1.29, 1.82) is 0 Å². The van der Waals surface area contributed by atoms with Crippen LogP contribution in [0.4, 0.5) is 0 Å². The Morgan fingerprint density at radius 2 is 1.60 bits per heavy atom. The fourth-order valence-electron chi connectivity index (χ4n) is 3.23. The van der Waals surface area contributed by atoms with Crippen molar-refractivity contribution in [2.75, 3.05) is 27.2 Å². The summed E-state index contributed by atoms with van der Waals surface area (Å²) in [6, 6.07) is 21.0. The number of ether oxygens (including phenoxy) is 2. The van der Waals surface area contributed by atoms with Crippen LogP contribution in [0.15, 0.2) is 84.4 Å². The molecule has 0 atom stereocenters. The molecular formula is C27H25N3O4S. The first kappa shape index (κ1) is 24.1. The Bertz CT molecular complexity index is 1290. The Kier molecular flexibility index (Phi) is 7.87. The monoisotopic (exact) mass is 487 g/mol. The quantitative estimate of drug-likeness (QED) is 0.308. The zero-order valence-corrected chi connectivity index (χ0v) is 20.2. The summed E-state index contributed by atoms with van der Waals surface area (Å²) < 4.78 is 11.9. The lowest BCUT2D eigenvalue weighted by molar-refractivity contribution is 0.0948. The van der Waals surface area contributed by atoms with Crippen molar-refractivity contribution in [2.24, 2.45) is 0 Å². The first-order valence-corrected chi connectivity index (χ1v) is 11.9. The van der Waals surface area contributed by atoms with Crippen LogP contribution in [0.5, 0.6) is 23.1 Å². The lowest BCUT2D eigenvalue weighted by Gasteiger charge is -2.13. The molecule has 4 rings (SSSR count). The lowest BCUT2D eigenvalue weighted by Crippen LogP contribution is -2.31. The van der Waals surface area contributed by atoms with Crippen LogP contribution in [-0.2, 0) is 0 Å². The van der Waals surface area contributed by atoms with Crippen LogP contribution in [0, 0.1) is 0 Å². The van der Waals surface area contributed by atoms with Gasteiger partial charge in [0.1, 0.15) is 17.2 Å². The van der Waals surface area contributed by atoms with Crippen LogP contribution < -0.4 is 14.8 Å². The Morgan fingerprint density at radius 1 is 0.886 bits per heavy atom. The summed E-state index contributed by atoms with van der Waals surface area (Å²) in [5, 5.41) is 4.76. The van der Waals surface area contributed by atoms with Crippen molar-refractivity contribution < 1.29 is 19.1 Å². The van der Waals surface area contributed by atoms with E-state index in [-0.39, 0.29) is 17.6 Å². The Labute approximate surface area is 208 Å². The molecule has 0 saturated carbocycles. The number of benzene rings is 2. The van der Waals surface area contributed by atoms with Gasteiger partial charge in [-0.15, -0.1) is 11.3 Å². The number of nitrogens with zero attached hydrogens (tertiary/aromatic N) is 2. The van der Waals surface area contributed by atoms with Gasteiger partial charge in [-0.05, 0) is 74.1 Å². The highest BCUT2D eigenvalue weighted by atomic mass is 32.1. The normalized spacial score (nSPS) is 10.7. The number of pyridine rings is 1. The Balaban J connectivity index is 1.45. The molecule has 0 aliphatic rings. The molecule has 0 aliphatic carbocycles. The van der Waals surface area contributed by atoms with Gasteiger partial charge in [-0.3, -0.25) is 9.59 Å². The summed E-state index contributed by atoms with van der Waals surface area (Å²) in [7, 11) is 3.90. The van der Waals surface area contributed by atoms with Gasteiger partial charge in [-0.25, -0.2) is 4.98 Å². The molecule has 2 heterocycles. The predicted molar refractivity (Wildman–Crippen MR) is 136 cm³/mol. The van der Waals surface area contributed by atoms with Crippen molar-refractivity contribution in [2.45, 2.75) is 0 Å². The van der Waals surface area contributed by atoms with Gasteiger partial charge in [0.25, 0.3) is 5.91 Å². The van der Waals surface area contributed by atoms with E-state index in [2.05, 4.69) is 10.3 Å². The SMILES string of the molecule is CN(C)CCNC(=O)c1ccccc1Oc1ccc(Oc2ncccc2C(=O)c2cccs2)cc1. The number of hydrogen-bond acceptors (Lipinski definition) is 7. The number of amides is 1. The molecule has 4 aromatic rings. The molecule has 0 radical (unpaired) electrons. The smallest absolute Gasteiger partial charge is 0.255 e. The Morgan fingerprint density at radius 3 is 2.31 bits per heavy atom. The fourth-order valence-corrected chi connectivity index (χ4v) is 3.91. The molecule has 35 heavy (non-hydrogen) atoms. The minimum Gasteiger partial charge on any atom is -0.457 e. The maximum Gasteiger partial charge on any atom is 0.255 e. The van der Waals surface area contributed by atoms with E-state index in [9.17, 15) is 9.59 Å². The molecule has 8 heteroatoms. The summed E-state index contributed by atoms with van der Waals surface area (Å²) in [5.41, 5.74) is 0.848. The second-order valence-corrected chi connectivity index (χ2v) is 8.84. The van der Waals surface area contributed by atoms with Crippen molar-refractivity contribution in [3.63, 3.8) is 0 Å². The van der Waals surface area contributed by atoms with E-state index < -0.39 is 0 Å². The van der Waals surface area contributed by atoms with Crippen LogP contribution in [0.25, 0.3) is 0 Å². The lowest BCUT2D eigenvalue weighted by atomic mass is 10.1. The van der Waals surface area contributed by atoms with Gasteiger partial charge >= 0.3 is 0 Å². The van der Waals surface area contributed by atoms with Gasteiger partial charge in [-0.1, -0.05) is 18.2 Å².